The molecule has 2 aromatic carbocycles. The fourth-order valence-corrected chi connectivity index (χ4v) is 5.00. The molecule has 0 bridgehead atoms. The fraction of sp³-hybridized carbons (Fsp3) is 0.370. The molecule has 1 aliphatic rings. The minimum atomic E-state index is -0.809. The maximum atomic E-state index is 13.1. The lowest BCUT2D eigenvalue weighted by atomic mass is 9.80. The van der Waals surface area contributed by atoms with Crippen molar-refractivity contribution in [3.8, 4) is 5.75 Å². The van der Waals surface area contributed by atoms with E-state index in [-0.39, 0.29) is 24.5 Å². The summed E-state index contributed by atoms with van der Waals surface area (Å²) in [7, 11) is 0. The average molecular weight is 478 g/mol. The molecule has 35 heavy (non-hydrogen) atoms. The predicted molar refractivity (Wildman–Crippen MR) is 131 cm³/mol. The van der Waals surface area contributed by atoms with Gasteiger partial charge in [-0.25, -0.2) is 5.48 Å². The zero-order valence-corrected chi connectivity index (χ0v) is 20.2. The van der Waals surface area contributed by atoms with Crippen molar-refractivity contribution < 1.29 is 24.3 Å². The SMILES string of the molecule is Cc1cc(COc2ccc(C(=O)NC3(CC(=O)NO)C[C@@H](C)O[C@@H](C)C3)cc2)c2ccccc2n1. The largest absolute Gasteiger partial charge is 0.489 e. The van der Waals surface area contributed by atoms with Crippen molar-refractivity contribution in [2.75, 3.05) is 0 Å². The number of nitrogens with zero attached hydrogens (tertiary/aromatic N) is 1. The second kappa shape index (κ2) is 10.4. The monoisotopic (exact) mass is 477 g/mol. The number of hydrogen-bond acceptors (Lipinski definition) is 6. The van der Waals surface area contributed by atoms with Crippen molar-refractivity contribution in [3.05, 3.63) is 71.4 Å². The second-order valence-corrected chi connectivity index (χ2v) is 9.36. The van der Waals surface area contributed by atoms with Crippen LogP contribution in [-0.4, -0.2) is 39.8 Å². The Kier molecular flexibility index (Phi) is 7.33. The summed E-state index contributed by atoms with van der Waals surface area (Å²) in [4.78, 5) is 29.6. The molecule has 1 aromatic heterocycles. The lowest BCUT2D eigenvalue weighted by molar-refractivity contribution is -0.133. The highest BCUT2D eigenvalue weighted by Crippen LogP contribution is 2.32. The standard InChI is InChI=1S/C27H31N3O5/c1-17-12-21(23-6-4-5-7-24(23)28-17)16-34-22-10-8-20(9-11-22)26(32)29-27(15-25(31)30-33)13-18(2)35-19(3)14-27/h4-12,18-19,33H,13-16H2,1-3H3,(H,29,32)(H,30,31)/t18-,19+,27?. The summed E-state index contributed by atoms with van der Waals surface area (Å²) in [6, 6.07) is 16.9. The molecule has 2 amide bonds. The normalized spacial score (nSPS) is 21.9. The highest BCUT2D eigenvalue weighted by Gasteiger charge is 2.41. The molecular formula is C27H31N3O5. The van der Waals surface area contributed by atoms with Crippen LogP contribution in [0.2, 0.25) is 0 Å². The first-order valence-electron chi connectivity index (χ1n) is 11.8. The third kappa shape index (κ3) is 5.96. The number of aryl methyl sites for hydroxylation is 1. The molecule has 0 radical (unpaired) electrons. The van der Waals surface area contributed by atoms with Crippen LogP contribution in [0.4, 0.5) is 0 Å². The van der Waals surface area contributed by atoms with Crippen molar-refractivity contribution >= 4 is 22.7 Å². The van der Waals surface area contributed by atoms with Gasteiger partial charge in [-0.2, -0.15) is 0 Å². The van der Waals surface area contributed by atoms with Gasteiger partial charge in [0.1, 0.15) is 12.4 Å². The van der Waals surface area contributed by atoms with Gasteiger partial charge < -0.3 is 14.8 Å². The van der Waals surface area contributed by atoms with Crippen LogP contribution in [0, 0.1) is 6.92 Å². The minimum absolute atomic E-state index is 0.0339. The lowest BCUT2D eigenvalue weighted by Crippen LogP contribution is -2.57. The molecule has 0 aliphatic carbocycles. The number of carbonyl (C=O) groups excluding carboxylic acids is 2. The highest BCUT2D eigenvalue weighted by atomic mass is 16.5. The van der Waals surface area contributed by atoms with Crippen LogP contribution in [0.5, 0.6) is 5.75 Å². The Bertz CT molecular complexity index is 1200. The number of carbonyl (C=O) groups is 2. The van der Waals surface area contributed by atoms with Crippen LogP contribution in [0.1, 0.15) is 54.7 Å². The summed E-state index contributed by atoms with van der Waals surface area (Å²) >= 11 is 0. The molecule has 2 heterocycles. The number of rotatable bonds is 7. The molecular weight excluding hydrogens is 446 g/mol. The first kappa shape index (κ1) is 24.6. The number of fused-ring (bicyclic) bond motifs is 1. The van der Waals surface area contributed by atoms with Crippen molar-refractivity contribution in [1.82, 2.24) is 15.8 Å². The van der Waals surface area contributed by atoms with Crippen LogP contribution in [0.3, 0.4) is 0 Å². The number of para-hydroxylation sites is 1. The van der Waals surface area contributed by atoms with E-state index in [4.69, 9.17) is 14.7 Å². The number of pyridine rings is 1. The molecule has 3 atom stereocenters. The van der Waals surface area contributed by atoms with E-state index < -0.39 is 11.4 Å². The number of ether oxygens (including phenoxy) is 2. The first-order valence-corrected chi connectivity index (χ1v) is 11.8. The maximum absolute atomic E-state index is 13.1. The van der Waals surface area contributed by atoms with Crippen LogP contribution >= 0.6 is 0 Å². The Balaban J connectivity index is 1.45. The number of benzene rings is 2. The number of hydrogen-bond donors (Lipinski definition) is 3. The summed E-state index contributed by atoms with van der Waals surface area (Å²) in [6.45, 7) is 6.16. The number of aromatic nitrogens is 1. The van der Waals surface area contributed by atoms with Gasteiger partial charge in [0, 0.05) is 22.2 Å². The predicted octanol–water partition coefficient (Wildman–Crippen LogP) is 4.07. The fourth-order valence-electron chi connectivity index (χ4n) is 5.00. The van der Waals surface area contributed by atoms with Crippen molar-refractivity contribution in [2.24, 2.45) is 0 Å². The second-order valence-electron chi connectivity index (χ2n) is 9.36. The summed E-state index contributed by atoms with van der Waals surface area (Å²) < 4.78 is 11.8. The van der Waals surface area contributed by atoms with Gasteiger partial charge in [-0.1, -0.05) is 18.2 Å². The van der Waals surface area contributed by atoms with Gasteiger partial charge in [0.2, 0.25) is 5.91 Å². The van der Waals surface area contributed by atoms with Crippen molar-refractivity contribution in [3.63, 3.8) is 0 Å². The molecule has 1 unspecified atom stereocenters. The Morgan fingerprint density at radius 3 is 2.49 bits per heavy atom. The molecule has 0 saturated carbocycles. The van der Waals surface area contributed by atoms with E-state index in [1.807, 2.05) is 51.1 Å². The Morgan fingerprint density at radius 2 is 1.80 bits per heavy atom. The van der Waals surface area contributed by atoms with E-state index in [2.05, 4.69) is 10.3 Å². The van der Waals surface area contributed by atoms with E-state index in [0.717, 1.165) is 22.2 Å². The topological polar surface area (TPSA) is 110 Å². The zero-order chi connectivity index (χ0) is 25.0. The van der Waals surface area contributed by atoms with E-state index in [9.17, 15) is 9.59 Å². The van der Waals surface area contributed by atoms with Crippen LogP contribution in [0.25, 0.3) is 10.9 Å². The van der Waals surface area contributed by atoms with Gasteiger partial charge in [0.05, 0.1) is 29.7 Å². The number of amides is 2. The average Bonchev–Trinajstić information content (AvgIpc) is 2.81. The van der Waals surface area contributed by atoms with E-state index in [0.29, 0.717) is 30.8 Å². The van der Waals surface area contributed by atoms with Gasteiger partial charge in [0.15, 0.2) is 0 Å². The summed E-state index contributed by atoms with van der Waals surface area (Å²) in [5.74, 6) is -0.198. The van der Waals surface area contributed by atoms with Gasteiger partial charge in [0.25, 0.3) is 5.91 Å². The summed E-state index contributed by atoms with van der Waals surface area (Å²) in [5, 5.41) is 13.1. The van der Waals surface area contributed by atoms with Crippen LogP contribution < -0.4 is 15.5 Å². The molecule has 8 nitrogen and oxygen atoms in total. The molecule has 8 heteroatoms. The van der Waals surface area contributed by atoms with E-state index >= 15 is 0 Å². The Hall–Kier alpha value is -3.49. The smallest absolute Gasteiger partial charge is 0.251 e. The highest BCUT2D eigenvalue weighted by molar-refractivity contribution is 5.95. The maximum Gasteiger partial charge on any atom is 0.251 e. The first-order chi connectivity index (χ1) is 16.8. The van der Waals surface area contributed by atoms with Crippen LogP contribution in [0.15, 0.2) is 54.6 Å². The van der Waals surface area contributed by atoms with Gasteiger partial charge in [-0.05, 0) is 70.0 Å². The van der Waals surface area contributed by atoms with Gasteiger partial charge in [-0.3, -0.25) is 19.8 Å². The molecule has 3 N–H and O–H groups in total. The summed E-state index contributed by atoms with van der Waals surface area (Å²) in [6.07, 6.45) is 0.644. The van der Waals surface area contributed by atoms with Crippen molar-refractivity contribution in [2.45, 2.75) is 64.4 Å². The van der Waals surface area contributed by atoms with E-state index in [1.165, 1.54) is 0 Å². The van der Waals surface area contributed by atoms with Gasteiger partial charge >= 0.3 is 0 Å². The van der Waals surface area contributed by atoms with Gasteiger partial charge in [-0.15, -0.1) is 0 Å². The zero-order valence-electron chi connectivity index (χ0n) is 20.2. The van der Waals surface area contributed by atoms with Crippen molar-refractivity contribution in [1.29, 1.82) is 0 Å². The molecule has 1 fully saturated rings. The van der Waals surface area contributed by atoms with Crippen LogP contribution in [-0.2, 0) is 16.1 Å². The third-order valence-corrected chi connectivity index (χ3v) is 6.26. The minimum Gasteiger partial charge on any atom is -0.489 e. The van der Waals surface area contributed by atoms with E-state index in [1.54, 1.807) is 29.7 Å². The molecule has 1 saturated heterocycles. The Morgan fingerprint density at radius 1 is 1.11 bits per heavy atom. The molecule has 1 aliphatic heterocycles. The molecule has 184 valence electrons. The number of nitrogens with one attached hydrogen (secondary N) is 2. The molecule has 4 rings (SSSR count). The molecule has 3 aromatic rings. The summed E-state index contributed by atoms with van der Waals surface area (Å²) in [5.41, 5.74) is 4.22. The number of hydroxylamine groups is 1. The third-order valence-electron chi connectivity index (χ3n) is 6.26. The molecule has 0 spiro atoms. The Labute approximate surface area is 204 Å². The lowest BCUT2D eigenvalue weighted by Gasteiger charge is -2.43. The quantitative estimate of drug-likeness (QED) is 0.350.